The first-order valence-corrected chi connectivity index (χ1v) is 4.78. The van der Waals surface area contributed by atoms with Crippen LogP contribution in [0.25, 0.3) is 0 Å². The van der Waals surface area contributed by atoms with Gasteiger partial charge in [0.1, 0.15) is 6.79 Å². The van der Waals surface area contributed by atoms with Crippen LogP contribution in [0.1, 0.15) is 6.92 Å². The summed E-state index contributed by atoms with van der Waals surface area (Å²) in [5.74, 6) is 0.264. The van der Waals surface area contributed by atoms with Crippen LogP contribution in [-0.4, -0.2) is 33.2 Å². The van der Waals surface area contributed by atoms with Gasteiger partial charge in [-0.1, -0.05) is 24.3 Å². The molecule has 0 saturated heterocycles. The van der Waals surface area contributed by atoms with Crippen molar-refractivity contribution < 1.29 is 14.2 Å². The molecule has 0 saturated carbocycles. The fourth-order valence-electron chi connectivity index (χ4n) is 1.50. The minimum Gasteiger partial charge on any atom is -0.381 e. The first-order chi connectivity index (χ1) is 6.79. The molecule has 0 aromatic heterocycles. The lowest BCUT2D eigenvalue weighted by Crippen LogP contribution is -2.32. The van der Waals surface area contributed by atoms with Gasteiger partial charge in [0, 0.05) is 20.1 Å². The molecule has 3 unspecified atom stereocenters. The second-order valence-corrected chi connectivity index (χ2v) is 3.33. The molecule has 0 aromatic rings. The summed E-state index contributed by atoms with van der Waals surface area (Å²) in [6.45, 7) is 2.35. The summed E-state index contributed by atoms with van der Waals surface area (Å²) in [7, 11) is 3.33. The van der Waals surface area contributed by atoms with E-state index < -0.39 is 0 Å². The van der Waals surface area contributed by atoms with E-state index in [1.54, 1.807) is 14.2 Å². The molecule has 0 aromatic carbocycles. The number of rotatable bonds is 5. The van der Waals surface area contributed by atoms with Gasteiger partial charge in [-0.3, -0.25) is 0 Å². The molecule has 3 atom stereocenters. The molecule has 0 spiro atoms. The van der Waals surface area contributed by atoms with Crippen molar-refractivity contribution in [1.82, 2.24) is 0 Å². The zero-order valence-corrected chi connectivity index (χ0v) is 8.97. The van der Waals surface area contributed by atoms with Gasteiger partial charge in [-0.25, -0.2) is 0 Å². The highest BCUT2D eigenvalue weighted by Gasteiger charge is 2.24. The monoisotopic (exact) mass is 198 g/mol. The first-order valence-electron chi connectivity index (χ1n) is 4.78. The second kappa shape index (κ2) is 5.96. The highest BCUT2D eigenvalue weighted by atomic mass is 16.7. The molecule has 0 bridgehead atoms. The van der Waals surface area contributed by atoms with Crippen LogP contribution in [0.2, 0.25) is 0 Å². The Labute approximate surface area is 85.3 Å². The average molecular weight is 198 g/mol. The first kappa shape index (κ1) is 11.4. The molecule has 1 rings (SSSR count). The minimum atomic E-state index is 0.0508. The van der Waals surface area contributed by atoms with Crippen LogP contribution >= 0.6 is 0 Å². The van der Waals surface area contributed by atoms with E-state index in [1.807, 2.05) is 25.2 Å². The van der Waals surface area contributed by atoms with Crippen LogP contribution < -0.4 is 0 Å². The molecule has 3 heteroatoms. The van der Waals surface area contributed by atoms with Crippen LogP contribution in [0.4, 0.5) is 0 Å². The van der Waals surface area contributed by atoms with E-state index in [4.69, 9.17) is 14.2 Å². The smallest absolute Gasteiger partial charge is 0.147 e. The molecular formula is C11H18O3. The summed E-state index contributed by atoms with van der Waals surface area (Å²) >= 11 is 0. The molecule has 80 valence electrons. The lowest BCUT2D eigenvalue weighted by Gasteiger charge is -2.28. The third-order valence-electron chi connectivity index (χ3n) is 2.42. The van der Waals surface area contributed by atoms with E-state index in [1.165, 1.54) is 0 Å². The topological polar surface area (TPSA) is 27.7 Å². The number of methoxy groups -OCH3 is 2. The summed E-state index contributed by atoms with van der Waals surface area (Å²) < 4.78 is 15.7. The van der Waals surface area contributed by atoms with Crippen LogP contribution in [0.5, 0.6) is 0 Å². The van der Waals surface area contributed by atoms with Gasteiger partial charge in [-0.2, -0.15) is 0 Å². The van der Waals surface area contributed by atoms with Crippen molar-refractivity contribution in [3.8, 4) is 0 Å². The van der Waals surface area contributed by atoms with E-state index in [9.17, 15) is 0 Å². The molecule has 0 N–H and O–H groups in total. The minimum absolute atomic E-state index is 0.0508. The van der Waals surface area contributed by atoms with Gasteiger partial charge >= 0.3 is 0 Å². The lowest BCUT2D eigenvalue weighted by atomic mass is 9.93. The predicted octanol–water partition coefficient (Wildman–Crippen LogP) is 1.75. The third kappa shape index (κ3) is 2.94. The van der Waals surface area contributed by atoms with Gasteiger partial charge in [0.25, 0.3) is 0 Å². The van der Waals surface area contributed by atoms with E-state index in [0.29, 0.717) is 6.79 Å². The van der Waals surface area contributed by atoms with Gasteiger partial charge in [-0.05, 0) is 6.92 Å². The van der Waals surface area contributed by atoms with E-state index >= 15 is 0 Å². The number of ether oxygens (including phenoxy) is 3. The van der Waals surface area contributed by atoms with Crippen molar-refractivity contribution in [2.75, 3.05) is 21.0 Å². The summed E-state index contributed by atoms with van der Waals surface area (Å²) in [5, 5.41) is 0. The molecule has 0 heterocycles. The maximum Gasteiger partial charge on any atom is 0.147 e. The highest BCUT2D eigenvalue weighted by molar-refractivity contribution is 5.16. The van der Waals surface area contributed by atoms with E-state index in [0.717, 1.165) is 0 Å². The Morgan fingerprint density at radius 2 is 1.93 bits per heavy atom. The molecule has 0 fully saturated rings. The molecule has 0 radical (unpaired) electrons. The van der Waals surface area contributed by atoms with Gasteiger partial charge in [0.05, 0.1) is 12.2 Å². The summed E-state index contributed by atoms with van der Waals surface area (Å²) in [4.78, 5) is 0. The zero-order chi connectivity index (χ0) is 10.4. The van der Waals surface area contributed by atoms with Gasteiger partial charge < -0.3 is 14.2 Å². The van der Waals surface area contributed by atoms with Crippen LogP contribution in [0.15, 0.2) is 24.3 Å². The number of hydrogen-bond donors (Lipinski definition) is 0. The molecule has 0 aliphatic heterocycles. The summed E-state index contributed by atoms with van der Waals surface area (Å²) in [5.41, 5.74) is 0. The molecular weight excluding hydrogens is 180 g/mol. The van der Waals surface area contributed by atoms with Crippen LogP contribution in [0, 0.1) is 5.92 Å². The largest absolute Gasteiger partial charge is 0.381 e. The van der Waals surface area contributed by atoms with E-state index in [2.05, 4.69) is 6.08 Å². The van der Waals surface area contributed by atoms with Crippen molar-refractivity contribution in [3.05, 3.63) is 24.3 Å². The standard InChI is InChI=1S/C11H18O3/c1-9(13-3)10-6-4-5-7-11(10)14-8-12-2/h4-7,9-11H,8H2,1-3H3. The van der Waals surface area contributed by atoms with Crippen molar-refractivity contribution in [2.24, 2.45) is 5.92 Å². The summed E-state index contributed by atoms with van der Waals surface area (Å²) in [6.07, 6.45) is 8.34. The molecule has 0 amide bonds. The quantitative estimate of drug-likeness (QED) is 0.630. The SMILES string of the molecule is COCOC1C=CC=CC1C(C)OC. The number of allylic oxidation sites excluding steroid dienone is 2. The fraction of sp³-hybridized carbons (Fsp3) is 0.636. The highest BCUT2D eigenvalue weighted by Crippen LogP contribution is 2.21. The molecule has 1 aliphatic rings. The van der Waals surface area contributed by atoms with Crippen molar-refractivity contribution in [1.29, 1.82) is 0 Å². The Hall–Kier alpha value is -0.640. The summed E-state index contributed by atoms with van der Waals surface area (Å²) in [6, 6.07) is 0. The Balaban J connectivity index is 2.52. The Kier molecular flexibility index (Phi) is 4.87. The normalized spacial score (nSPS) is 27.9. The maximum absolute atomic E-state index is 5.53. The van der Waals surface area contributed by atoms with Gasteiger partial charge in [-0.15, -0.1) is 0 Å². The van der Waals surface area contributed by atoms with Crippen molar-refractivity contribution in [3.63, 3.8) is 0 Å². The second-order valence-electron chi connectivity index (χ2n) is 3.33. The molecule has 3 nitrogen and oxygen atoms in total. The Morgan fingerprint density at radius 1 is 1.21 bits per heavy atom. The van der Waals surface area contributed by atoms with Crippen LogP contribution in [0.3, 0.4) is 0 Å². The average Bonchev–Trinajstić information content (AvgIpc) is 2.25. The zero-order valence-electron chi connectivity index (χ0n) is 8.97. The molecule has 1 aliphatic carbocycles. The maximum atomic E-state index is 5.53. The van der Waals surface area contributed by atoms with Crippen molar-refractivity contribution >= 4 is 0 Å². The van der Waals surface area contributed by atoms with Crippen molar-refractivity contribution in [2.45, 2.75) is 19.1 Å². The number of hydrogen-bond acceptors (Lipinski definition) is 3. The van der Waals surface area contributed by atoms with Gasteiger partial charge in [0.2, 0.25) is 0 Å². The van der Waals surface area contributed by atoms with E-state index in [-0.39, 0.29) is 18.1 Å². The molecule has 14 heavy (non-hydrogen) atoms. The fourth-order valence-corrected chi connectivity index (χ4v) is 1.50. The van der Waals surface area contributed by atoms with Gasteiger partial charge in [0.15, 0.2) is 0 Å². The lowest BCUT2D eigenvalue weighted by molar-refractivity contribution is -0.0850. The Bertz CT molecular complexity index is 211. The third-order valence-corrected chi connectivity index (χ3v) is 2.42. The Morgan fingerprint density at radius 3 is 2.57 bits per heavy atom. The van der Waals surface area contributed by atoms with Crippen LogP contribution in [-0.2, 0) is 14.2 Å². The predicted molar refractivity (Wildman–Crippen MR) is 55.0 cm³/mol.